The molecule has 4 heterocycles. The number of hydrogen-bond acceptors (Lipinski definition) is 6. The van der Waals surface area contributed by atoms with Gasteiger partial charge in [0.1, 0.15) is 0 Å². The molecule has 0 spiro atoms. The molecule has 4 aromatic rings. The van der Waals surface area contributed by atoms with E-state index in [-0.39, 0.29) is 11.8 Å². The van der Waals surface area contributed by atoms with E-state index in [9.17, 15) is 9.59 Å². The van der Waals surface area contributed by atoms with Gasteiger partial charge in [-0.3, -0.25) is 9.59 Å². The Balaban J connectivity index is 1.88. The third-order valence-corrected chi connectivity index (χ3v) is 9.13. The average Bonchev–Trinajstić information content (AvgIpc) is 3.44. The fourth-order valence-electron chi connectivity index (χ4n) is 3.21. The quantitative estimate of drug-likeness (QED) is 0.317. The Bertz CT molecular complexity index is 965. The zero-order valence-corrected chi connectivity index (χ0v) is 17.5. The van der Waals surface area contributed by atoms with Crippen LogP contribution in [0.1, 0.15) is 67.3 Å². The third kappa shape index (κ3) is 2.81. The zero-order valence-electron chi connectivity index (χ0n) is 14.2. The van der Waals surface area contributed by atoms with Crippen molar-refractivity contribution in [1.82, 2.24) is 0 Å². The molecule has 0 saturated heterocycles. The largest absolute Gasteiger partial charge is 0.298 e. The summed E-state index contributed by atoms with van der Waals surface area (Å²) in [4.78, 5) is 25.9. The molecule has 0 bridgehead atoms. The highest BCUT2D eigenvalue weighted by molar-refractivity contribution is 7.29. The van der Waals surface area contributed by atoms with Crippen LogP contribution < -0.4 is 0 Å². The van der Waals surface area contributed by atoms with E-state index < -0.39 is 0 Å². The normalized spacial score (nSPS) is 13.8. The van der Waals surface area contributed by atoms with Gasteiger partial charge in [0.05, 0.1) is 9.40 Å². The summed E-state index contributed by atoms with van der Waals surface area (Å²) in [6, 6.07) is 4.20. The minimum atomic E-state index is 0.156. The lowest BCUT2D eigenvalue weighted by atomic mass is 9.99. The van der Waals surface area contributed by atoms with Gasteiger partial charge in [-0.25, -0.2) is 0 Å². The van der Waals surface area contributed by atoms with Gasteiger partial charge in [-0.15, -0.1) is 22.7 Å². The molecule has 6 heteroatoms. The lowest BCUT2D eigenvalue weighted by molar-refractivity contribution is 0.111. The first-order valence-corrected chi connectivity index (χ1v) is 11.7. The first-order chi connectivity index (χ1) is 12.7. The molecule has 0 aliphatic heterocycles. The summed E-state index contributed by atoms with van der Waals surface area (Å²) in [5.74, 6) is 0.312. The Hall–Kier alpha value is -1.60. The van der Waals surface area contributed by atoms with Crippen LogP contribution in [0.25, 0.3) is 9.40 Å². The molecule has 4 rings (SSSR count). The topological polar surface area (TPSA) is 34.1 Å². The maximum atomic E-state index is 11.9. The van der Waals surface area contributed by atoms with E-state index in [4.69, 9.17) is 0 Å². The molecule has 0 aliphatic rings. The summed E-state index contributed by atoms with van der Waals surface area (Å²) in [5.41, 5.74) is 3.93. The molecular weight excluding hydrogens is 400 g/mol. The van der Waals surface area contributed by atoms with Crippen LogP contribution in [0.15, 0.2) is 33.7 Å². The summed E-state index contributed by atoms with van der Waals surface area (Å²) in [5, 5.41) is 8.36. The molecule has 2 unspecified atom stereocenters. The van der Waals surface area contributed by atoms with Crippen molar-refractivity contribution in [2.45, 2.75) is 25.7 Å². The fourth-order valence-corrected chi connectivity index (χ4v) is 7.63. The Morgan fingerprint density at radius 2 is 1.19 bits per heavy atom. The van der Waals surface area contributed by atoms with Crippen LogP contribution >= 0.6 is 45.3 Å². The van der Waals surface area contributed by atoms with Gasteiger partial charge in [0.25, 0.3) is 0 Å². The number of hydrogen-bond donors (Lipinski definition) is 0. The van der Waals surface area contributed by atoms with Crippen molar-refractivity contribution in [3.63, 3.8) is 0 Å². The maximum absolute atomic E-state index is 11.9. The van der Waals surface area contributed by atoms with Gasteiger partial charge in [-0.2, -0.15) is 22.7 Å². The Morgan fingerprint density at radius 3 is 1.50 bits per heavy atom. The van der Waals surface area contributed by atoms with E-state index in [1.54, 1.807) is 45.3 Å². The van der Waals surface area contributed by atoms with E-state index >= 15 is 0 Å². The van der Waals surface area contributed by atoms with Crippen LogP contribution in [0, 0.1) is 0 Å². The second-order valence-electron chi connectivity index (χ2n) is 6.21. The highest BCUT2D eigenvalue weighted by Crippen LogP contribution is 2.47. The summed E-state index contributed by atoms with van der Waals surface area (Å²) in [6.45, 7) is 4.25. The van der Waals surface area contributed by atoms with Crippen molar-refractivity contribution in [1.29, 1.82) is 0 Å². The molecule has 0 saturated carbocycles. The van der Waals surface area contributed by atoms with Crippen molar-refractivity contribution >= 4 is 67.3 Å². The van der Waals surface area contributed by atoms with Gasteiger partial charge in [-0.1, -0.05) is 13.8 Å². The SMILES string of the molecule is CC(c1ccsc1)c1sc2c(C=O)c(C(C)c3ccsc3)sc2c1C=O. The van der Waals surface area contributed by atoms with Gasteiger partial charge >= 0.3 is 0 Å². The minimum absolute atomic E-state index is 0.156. The zero-order chi connectivity index (χ0) is 18.3. The van der Waals surface area contributed by atoms with Gasteiger partial charge < -0.3 is 0 Å². The first-order valence-electron chi connectivity index (χ1n) is 8.19. The van der Waals surface area contributed by atoms with Gasteiger partial charge in [0.2, 0.25) is 0 Å². The fraction of sp³-hybridized carbons (Fsp3) is 0.200. The van der Waals surface area contributed by atoms with E-state index in [1.165, 1.54) is 11.1 Å². The molecule has 0 N–H and O–H groups in total. The molecule has 132 valence electrons. The second-order valence-corrected chi connectivity index (χ2v) is 9.88. The number of carbonyl (C=O) groups is 2. The van der Waals surface area contributed by atoms with E-state index in [0.717, 1.165) is 42.9 Å². The monoisotopic (exact) mass is 416 g/mol. The number of thiophene rings is 4. The lowest BCUT2D eigenvalue weighted by Gasteiger charge is -2.10. The highest BCUT2D eigenvalue weighted by atomic mass is 32.1. The Kier molecular flexibility index (Phi) is 4.92. The number of fused-ring (bicyclic) bond motifs is 1. The molecular formula is C20H16O2S4. The van der Waals surface area contributed by atoms with Crippen molar-refractivity contribution in [3.05, 3.63) is 65.7 Å². The molecule has 0 fully saturated rings. The van der Waals surface area contributed by atoms with E-state index in [0.29, 0.717) is 0 Å². The summed E-state index contributed by atoms with van der Waals surface area (Å²) >= 11 is 6.52. The van der Waals surface area contributed by atoms with Crippen LogP contribution in [0.3, 0.4) is 0 Å². The van der Waals surface area contributed by atoms with E-state index in [1.807, 2.05) is 0 Å². The summed E-state index contributed by atoms with van der Waals surface area (Å²) < 4.78 is 1.92. The molecule has 0 radical (unpaired) electrons. The lowest BCUT2D eigenvalue weighted by Crippen LogP contribution is -1.96. The number of rotatable bonds is 6. The Morgan fingerprint density at radius 1 is 0.769 bits per heavy atom. The van der Waals surface area contributed by atoms with E-state index in [2.05, 4.69) is 47.5 Å². The molecule has 0 aromatic carbocycles. The molecule has 26 heavy (non-hydrogen) atoms. The number of carbonyl (C=O) groups excluding carboxylic acids is 2. The van der Waals surface area contributed by atoms with Crippen molar-refractivity contribution < 1.29 is 9.59 Å². The molecule has 4 aromatic heterocycles. The van der Waals surface area contributed by atoms with Crippen LogP contribution in [0.5, 0.6) is 0 Å². The molecule has 2 atom stereocenters. The van der Waals surface area contributed by atoms with Crippen molar-refractivity contribution in [3.8, 4) is 0 Å². The van der Waals surface area contributed by atoms with Gasteiger partial charge in [-0.05, 0) is 44.8 Å². The maximum Gasteiger partial charge on any atom is 0.152 e. The smallest absolute Gasteiger partial charge is 0.152 e. The highest BCUT2D eigenvalue weighted by Gasteiger charge is 2.26. The third-order valence-electron chi connectivity index (χ3n) is 4.76. The minimum Gasteiger partial charge on any atom is -0.298 e. The van der Waals surface area contributed by atoms with Crippen molar-refractivity contribution in [2.75, 3.05) is 0 Å². The predicted molar refractivity (Wildman–Crippen MR) is 114 cm³/mol. The number of aldehydes is 2. The van der Waals surface area contributed by atoms with Crippen molar-refractivity contribution in [2.24, 2.45) is 0 Å². The van der Waals surface area contributed by atoms with Crippen LogP contribution in [-0.4, -0.2) is 12.6 Å². The second kappa shape index (κ2) is 7.19. The van der Waals surface area contributed by atoms with Crippen LogP contribution in [0.4, 0.5) is 0 Å². The standard InChI is InChI=1S/C20H16O2S4/c1-11(13-3-5-23-9-13)17-15(7-21)19-20(25-17)16(8-22)18(26-19)12(2)14-4-6-24-10-14/h3-12H,1-2H3. The summed E-state index contributed by atoms with van der Waals surface area (Å²) in [7, 11) is 0. The van der Waals surface area contributed by atoms with Gasteiger partial charge in [0, 0.05) is 32.7 Å². The summed E-state index contributed by atoms with van der Waals surface area (Å²) in [6.07, 6.45) is 1.92. The van der Waals surface area contributed by atoms with Crippen LogP contribution in [0.2, 0.25) is 0 Å². The Labute approximate surface area is 167 Å². The average molecular weight is 417 g/mol. The molecule has 0 amide bonds. The van der Waals surface area contributed by atoms with Gasteiger partial charge in [0.15, 0.2) is 12.6 Å². The van der Waals surface area contributed by atoms with Crippen LogP contribution in [-0.2, 0) is 0 Å². The predicted octanol–water partition coefficient (Wildman–Crippen LogP) is 7.01. The molecule has 0 aliphatic carbocycles. The molecule has 2 nitrogen and oxygen atoms in total. The first kappa shape index (κ1) is 17.8.